The van der Waals surface area contributed by atoms with E-state index in [-0.39, 0.29) is 11.7 Å². The average molecular weight is 293 g/mol. The van der Waals surface area contributed by atoms with Crippen LogP contribution in [0.5, 0.6) is 5.75 Å². The molecule has 0 bridgehead atoms. The number of hydrogen-bond donors (Lipinski definition) is 1. The molecule has 1 aliphatic heterocycles. The van der Waals surface area contributed by atoms with Crippen molar-refractivity contribution in [2.24, 2.45) is 0 Å². The van der Waals surface area contributed by atoms with Gasteiger partial charge in [0.05, 0.1) is 4.91 Å². The Kier molecular flexibility index (Phi) is 3.96. The van der Waals surface area contributed by atoms with Gasteiger partial charge in [-0.15, -0.1) is 0 Å². The second kappa shape index (κ2) is 5.35. The highest BCUT2D eigenvalue weighted by Gasteiger charge is 2.30. The maximum atomic E-state index is 12.1. The minimum Gasteiger partial charge on any atom is -0.508 e. The molecule has 1 heterocycles. The Morgan fingerprint density at radius 3 is 2.63 bits per heavy atom. The summed E-state index contributed by atoms with van der Waals surface area (Å²) in [6.07, 6.45) is 1.78. The van der Waals surface area contributed by atoms with Crippen molar-refractivity contribution in [2.45, 2.75) is 20.8 Å². The highest BCUT2D eigenvalue weighted by molar-refractivity contribution is 8.26. The van der Waals surface area contributed by atoms with Gasteiger partial charge in [-0.05, 0) is 49.6 Å². The summed E-state index contributed by atoms with van der Waals surface area (Å²) < 4.78 is 0.590. The molecule has 0 aromatic heterocycles. The number of aromatic hydroxyl groups is 1. The summed E-state index contributed by atoms with van der Waals surface area (Å²) in [5, 5.41) is 9.81. The van der Waals surface area contributed by atoms with E-state index in [1.54, 1.807) is 17.0 Å². The number of phenolic OH excluding ortho intramolecular Hbond substituents is 1. The van der Waals surface area contributed by atoms with Crippen LogP contribution in [0.1, 0.15) is 23.6 Å². The number of hydrogen-bond acceptors (Lipinski definition) is 4. The van der Waals surface area contributed by atoms with Gasteiger partial charge in [0.25, 0.3) is 5.91 Å². The first-order chi connectivity index (χ1) is 8.93. The van der Waals surface area contributed by atoms with Crippen molar-refractivity contribution in [1.29, 1.82) is 0 Å². The van der Waals surface area contributed by atoms with Gasteiger partial charge in [0.15, 0.2) is 0 Å². The van der Waals surface area contributed by atoms with E-state index >= 15 is 0 Å². The van der Waals surface area contributed by atoms with Crippen molar-refractivity contribution < 1.29 is 9.90 Å². The molecule has 2 rings (SSSR count). The normalized spacial score (nSPS) is 17.6. The molecule has 0 aliphatic carbocycles. The van der Waals surface area contributed by atoms with Crippen molar-refractivity contribution in [1.82, 2.24) is 4.90 Å². The van der Waals surface area contributed by atoms with Gasteiger partial charge in [-0.25, -0.2) is 0 Å². The molecule has 0 spiro atoms. The highest BCUT2D eigenvalue weighted by Crippen LogP contribution is 2.33. The number of amides is 1. The Balaban J connectivity index is 2.38. The molecule has 5 heteroatoms. The third-order valence-corrected chi connectivity index (χ3v) is 4.53. The lowest BCUT2D eigenvalue weighted by Gasteiger charge is -2.09. The number of nitrogens with zero attached hydrogens (tertiary/aromatic N) is 1. The van der Waals surface area contributed by atoms with Gasteiger partial charge in [-0.1, -0.05) is 30.0 Å². The van der Waals surface area contributed by atoms with Crippen LogP contribution in [0.3, 0.4) is 0 Å². The standard InChI is InChI=1S/C14H15NO2S2/c1-4-15-13(17)12(19-14(15)18)7-10-5-8(2)9(3)11(16)6-10/h5-7,16H,4H2,1-3H3/b12-7-. The molecule has 0 atom stereocenters. The van der Waals surface area contributed by atoms with Crippen LogP contribution in [0.15, 0.2) is 17.0 Å². The molecule has 1 aromatic carbocycles. The lowest BCUT2D eigenvalue weighted by molar-refractivity contribution is -0.121. The molecule has 1 N–H and O–H groups in total. The summed E-state index contributed by atoms with van der Waals surface area (Å²) in [7, 11) is 0. The van der Waals surface area contributed by atoms with E-state index in [0.717, 1.165) is 16.7 Å². The van der Waals surface area contributed by atoms with Crippen LogP contribution in [0.4, 0.5) is 0 Å². The van der Waals surface area contributed by atoms with E-state index in [1.807, 2.05) is 26.8 Å². The molecule has 100 valence electrons. The zero-order valence-electron chi connectivity index (χ0n) is 11.1. The first-order valence-corrected chi connectivity index (χ1v) is 7.22. The summed E-state index contributed by atoms with van der Waals surface area (Å²) in [6, 6.07) is 3.62. The quantitative estimate of drug-likeness (QED) is 0.671. The van der Waals surface area contributed by atoms with Crippen LogP contribution in [-0.2, 0) is 4.79 Å². The van der Waals surface area contributed by atoms with E-state index in [9.17, 15) is 9.90 Å². The summed E-state index contributed by atoms with van der Waals surface area (Å²) in [4.78, 5) is 14.3. The molecule has 3 nitrogen and oxygen atoms in total. The third-order valence-electron chi connectivity index (χ3n) is 3.15. The Labute approximate surface area is 122 Å². The number of likely N-dealkylation sites (N-methyl/N-ethyl adjacent to an activating group) is 1. The second-order valence-corrected chi connectivity index (χ2v) is 6.08. The minimum absolute atomic E-state index is 0.0600. The molecule has 1 aliphatic rings. The molecule has 0 saturated carbocycles. The van der Waals surface area contributed by atoms with Gasteiger partial charge in [-0.2, -0.15) is 0 Å². The van der Waals surface area contributed by atoms with Crippen LogP contribution in [0.25, 0.3) is 6.08 Å². The molecule has 1 saturated heterocycles. The fourth-order valence-electron chi connectivity index (χ4n) is 1.88. The van der Waals surface area contributed by atoms with E-state index < -0.39 is 0 Å². The SMILES string of the molecule is CCN1C(=O)/C(=C/c2cc(C)c(C)c(O)c2)SC1=S. The van der Waals surface area contributed by atoms with E-state index in [0.29, 0.717) is 15.8 Å². The lowest BCUT2D eigenvalue weighted by atomic mass is 10.0. The second-order valence-electron chi connectivity index (χ2n) is 4.41. The van der Waals surface area contributed by atoms with Gasteiger partial charge in [0.1, 0.15) is 10.1 Å². The molecule has 19 heavy (non-hydrogen) atoms. The zero-order valence-corrected chi connectivity index (χ0v) is 12.7. The Hall–Kier alpha value is -1.33. The van der Waals surface area contributed by atoms with Crippen molar-refractivity contribution in [3.05, 3.63) is 33.7 Å². The van der Waals surface area contributed by atoms with E-state index in [4.69, 9.17) is 12.2 Å². The predicted molar refractivity (Wildman–Crippen MR) is 83.1 cm³/mol. The van der Waals surface area contributed by atoms with Crippen LogP contribution in [-0.4, -0.2) is 26.8 Å². The van der Waals surface area contributed by atoms with Crippen molar-refractivity contribution >= 4 is 40.3 Å². The largest absolute Gasteiger partial charge is 0.508 e. The number of thioether (sulfide) groups is 1. The third kappa shape index (κ3) is 2.67. The highest BCUT2D eigenvalue weighted by atomic mass is 32.2. The summed E-state index contributed by atoms with van der Waals surface area (Å²) in [5.74, 6) is 0.187. The van der Waals surface area contributed by atoms with Crippen molar-refractivity contribution in [2.75, 3.05) is 6.54 Å². The molecular weight excluding hydrogens is 278 g/mol. The zero-order chi connectivity index (χ0) is 14.2. The molecular formula is C14H15NO2S2. The van der Waals surface area contributed by atoms with E-state index in [2.05, 4.69) is 0 Å². The monoisotopic (exact) mass is 293 g/mol. The van der Waals surface area contributed by atoms with Crippen molar-refractivity contribution in [3.63, 3.8) is 0 Å². The Morgan fingerprint density at radius 1 is 1.42 bits per heavy atom. The van der Waals surface area contributed by atoms with Gasteiger partial charge in [0, 0.05) is 6.54 Å². The van der Waals surface area contributed by atoms with Gasteiger partial charge in [-0.3, -0.25) is 9.69 Å². The Morgan fingerprint density at radius 2 is 2.11 bits per heavy atom. The topological polar surface area (TPSA) is 40.5 Å². The average Bonchev–Trinajstić information content (AvgIpc) is 2.61. The first-order valence-electron chi connectivity index (χ1n) is 5.99. The molecule has 1 amide bonds. The van der Waals surface area contributed by atoms with Crippen molar-refractivity contribution in [3.8, 4) is 5.75 Å². The Bertz CT molecular complexity index is 570. The van der Waals surface area contributed by atoms with Gasteiger partial charge in [0.2, 0.25) is 0 Å². The summed E-state index contributed by atoms with van der Waals surface area (Å²) >= 11 is 6.46. The number of rotatable bonds is 2. The minimum atomic E-state index is -0.0600. The number of phenols is 1. The molecule has 0 unspecified atom stereocenters. The van der Waals surface area contributed by atoms with Crippen LogP contribution in [0.2, 0.25) is 0 Å². The van der Waals surface area contributed by atoms with Crippen LogP contribution in [0, 0.1) is 13.8 Å². The summed E-state index contributed by atoms with van der Waals surface area (Å²) in [5.41, 5.74) is 2.67. The first kappa shape index (κ1) is 14.1. The van der Waals surface area contributed by atoms with Gasteiger partial charge < -0.3 is 5.11 Å². The number of carbonyl (C=O) groups excluding carboxylic acids is 1. The number of carbonyl (C=O) groups is 1. The molecule has 1 aromatic rings. The van der Waals surface area contributed by atoms with E-state index in [1.165, 1.54) is 11.8 Å². The van der Waals surface area contributed by atoms with Crippen LogP contribution < -0.4 is 0 Å². The fourth-order valence-corrected chi connectivity index (χ4v) is 3.26. The van der Waals surface area contributed by atoms with Crippen LogP contribution >= 0.6 is 24.0 Å². The van der Waals surface area contributed by atoms with Gasteiger partial charge >= 0.3 is 0 Å². The summed E-state index contributed by atoms with van der Waals surface area (Å²) in [6.45, 7) is 6.28. The predicted octanol–water partition coefficient (Wildman–Crippen LogP) is 3.23. The smallest absolute Gasteiger partial charge is 0.266 e. The lowest BCUT2D eigenvalue weighted by Crippen LogP contribution is -2.27. The maximum absolute atomic E-state index is 12.1. The number of aryl methyl sites for hydroxylation is 1. The fraction of sp³-hybridized carbons (Fsp3) is 0.286. The molecule has 1 fully saturated rings. The molecule has 0 radical (unpaired) electrons. The number of benzene rings is 1. The number of thiocarbonyl (C=S) groups is 1. The maximum Gasteiger partial charge on any atom is 0.266 e.